The summed E-state index contributed by atoms with van der Waals surface area (Å²) < 4.78 is 10.1. The highest BCUT2D eigenvalue weighted by molar-refractivity contribution is 6.30. The lowest BCUT2D eigenvalue weighted by Crippen LogP contribution is -2.07. The summed E-state index contributed by atoms with van der Waals surface area (Å²) in [6.45, 7) is 0. The van der Waals surface area contributed by atoms with Crippen molar-refractivity contribution in [3.8, 4) is 11.6 Å². The van der Waals surface area contributed by atoms with Gasteiger partial charge in [-0.2, -0.15) is 4.98 Å². The van der Waals surface area contributed by atoms with Gasteiger partial charge in [0.25, 0.3) is 0 Å². The van der Waals surface area contributed by atoms with Gasteiger partial charge in [-0.15, -0.1) is 0 Å². The zero-order valence-electron chi connectivity index (χ0n) is 10.1. The maximum atomic E-state index is 11.3. The number of nitrogen functional groups attached to an aromatic ring is 1. The van der Waals surface area contributed by atoms with E-state index in [1.807, 2.05) is 0 Å². The number of rotatable bonds is 3. The van der Waals surface area contributed by atoms with E-state index in [1.165, 1.54) is 19.2 Å². The number of halogens is 1. The molecule has 2 N–H and O–H groups in total. The molecule has 0 saturated heterocycles. The number of pyridine rings is 1. The van der Waals surface area contributed by atoms with E-state index >= 15 is 0 Å². The van der Waals surface area contributed by atoms with E-state index in [9.17, 15) is 4.79 Å². The molecular formula is C13H11ClN2O3. The fraction of sp³-hybridized carbons (Fsp3) is 0.0769. The van der Waals surface area contributed by atoms with Crippen molar-refractivity contribution in [3.05, 3.63) is 47.0 Å². The summed E-state index contributed by atoms with van der Waals surface area (Å²) in [6, 6.07) is 9.84. The number of esters is 1. The first-order valence-corrected chi connectivity index (χ1v) is 5.76. The van der Waals surface area contributed by atoms with Crippen LogP contribution in [0, 0.1) is 0 Å². The molecule has 0 saturated carbocycles. The molecular weight excluding hydrogens is 268 g/mol. The minimum Gasteiger partial charge on any atom is -0.465 e. The number of ether oxygens (including phenoxy) is 2. The second kappa shape index (κ2) is 5.58. The summed E-state index contributed by atoms with van der Waals surface area (Å²) in [4.78, 5) is 15.3. The molecule has 1 heterocycles. The van der Waals surface area contributed by atoms with Crippen molar-refractivity contribution >= 4 is 23.4 Å². The fourth-order valence-corrected chi connectivity index (χ4v) is 1.54. The van der Waals surface area contributed by atoms with Crippen LogP contribution in [0.4, 0.5) is 5.82 Å². The van der Waals surface area contributed by atoms with E-state index in [0.717, 1.165) is 0 Å². The topological polar surface area (TPSA) is 74.4 Å². The van der Waals surface area contributed by atoms with E-state index in [1.54, 1.807) is 24.3 Å². The summed E-state index contributed by atoms with van der Waals surface area (Å²) in [5.74, 6) is 0.371. The number of hydrogen-bond donors (Lipinski definition) is 1. The molecule has 0 unspecified atom stereocenters. The maximum absolute atomic E-state index is 11.3. The second-order valence-electron chi connectivity index (χ2n) is 3.63. The Balaban J connectivity index is 2.20. The zero-order valence-corrected chi connectivity index (χ0v) is 10.8. The molecule has 98 valence electrons. The van der Waals surface area contributed by atoms with Crippen LogP contribution in [0.1, 0.15) is 10.4 Å². The summed E-state index contributed by atoms with van der Waals surface area (Å²) in [5, 5.41) is 0.612. The standard InChI is InChI=1S/C13H11ClN2O3/c1-18-13(17)10-6-7-11(16-12(10)15)19-9-4-2-8(14)3-5-9/h2-7H,1H3,(H2,15,16). The van der Waals surface area contributed by atoms with Gasteiger partial charge in [-0.1, -0.05) is 11.6 Å². The largest absolute Gasteiger partial charge is 0.465 e. The van der Waals surface area contributed by atoms with Gasteiger partial charge in [-0.25, -0.2) is 4.79 Å². The van der Waals surface area contributed by atoms with Gasteiger partial charge in [-0.05, 0) is 30.3 Å². The lowest BCUT2D eigenvalue weighted by atomic mass is 10.2. The minimum absolute atomic E-state index is 0.0540. The third-order valence-electron chi connectivity index (χ3n) is 2.34. The van der Waals surface area contributed by atoms with Crippen molar-refractivity contribution < 1.29 is 14.3 Å². The molecule has 0 bridgehead atoms. The van der Waals surface area contributed by atoms with Crippen molar-refractivity contribution in [3.63, 3.8) is 0 Å². The number of nitrogens with two attached hydrogens (primary N) is 1. The number of carbonyl (C=O) groups excluding carboxylic acids is 1. The van der Waals surface area contributed by atoms with Gasteiger partial charge in [0, 0.05) is 11.1 Å². The van der Waals surface area contributed by atoms with E-state index in [0.29, 0.717) is 10.8 Å². The van der Waals surface area contributed by atoms with Crippen LogP contribution in [0.5, 0.6) is 11.6 Å². The van der Waals surface area contributed by atoms with Gasteiger partial charge in [0.05, 0.1) is 7.11 Å². The molecule has 2 rings (SSSR count). The summed E-state index contributed by atoms with van der Waals surface area (Å²) in [6.07, 6.45) is 0. The molecule has 1 aromatic heterocycles. The Morgan fingerprint density at radius 3 is 2.47 bits per heavy atom. The SMILES string of the molecule is COC(=O)c1ccc(Oc2ccc(Cl)cc2)nc1N. The minimum atomic E-state index is -0.539. The normalized spacial score (nSPS) is 10.0. The van der Waals surface area contributed by atoms with Crippen molar-refractivity contribution in [2.24, 2.45) is 0 Å². The average molecular weight is 279 g/mol. The van der Waals surface area contributed by atoms with Gasteiger partial charge in [0.2, 0.25) is 5.88 Å². The Morgan fingerprint density at radius 2 is 1.89 bits per heavy atom. The molecule has 0 fully saturated rings. The first-order chi connectivity index (χ1) is 9.10. The Kier molecular flexibility index (Phi) is 3.87. The molecule has 0 atom stereocenters. The zero-order chi connectivity index (χ0) is 13.8. The highest BCUT2D eigenvalue weighted by Gasteiger charge is 2.12. The molecule has 0 spiro atoms. The van der Waals surface area contributed by atoms with Gasteiger partial charge in [0.15, 0.2) is 0 Å². The number of aromatic nitrogens is 1. The molecule has 0 aliphatic heterocycles. The number of methoxy groups -OCH3 is 1. The van der Waals surface area contributed by atoms with Gasteiger partial charge in [0.1, 0.15) is 17.1 Å². The van der Waals surface area contributed by atoms with Gasteiger partial charge < -0.3 is 15.2 Å². The Bertz CT molecular complexity index is 599. The molecule has 5 nitrogen and oxygen atoms in total. The lowest BCUT2D eigenvalue weighted by Gasteiger charge is -2.07. The first kappa shape index (κ1) is 13.2. The van der Waals surface area contributed by atoms with Crippen LogP contribution in [0.25, 0.3) is 0 Å². The highest BCUT2D eigenvalue weighted by Crippen LogP contribution is 2.23. The fourth-order valence-electron chi connectivity index (χ4n) is 1.42. The van der Waals surface area contributed by atoms with E-state index < -0.39 is 5.97 Å². The van der Waals surface area contributed by atoms with E-state index in [2.05, 4.69) is 9.72 Å². The van der Waals surface area contributed by atoms with Crippen LogP contribution >= 0.6 is 11.6 Å². The number of anilines is 1. The monoisotopic (exact) mass is 278 g/mol. The number of hydrogen-bond acceptors (Lipinski definition) is 5. The van der Waals surface area contributed by atoms with Crippen LogP contribution in [0.15, 0.2) is 36.4 Å². The first-order valence-electron chi connectivity index (χ1n) is 5.38. The van der Waals surface area contributed by atoms with Gasteiger partial charge >= 0.3 is 5.97 Å². The van der Waals surface area contributed by atoms with Gasteiger partial charge in [-0.3, -0.25) is 0 Å². The molecule has 0 aliphatic carbocycles. The quantitative estimate of drug-likeness (QED) is 0.874. The number of nitrogens with zero attached hydrogens (tertiary/aromatic N) is 1. The third-order valence-corrected chi connectivity index (χ3v) is 2.59. The number of carbonyl (C=O) groups is 1. The van der Waals surface area contributed by atoms with Crippen LogP contribution in [-0.4, -0.2) is 18.1 Å². The van der Waals surface area contributed by atoms with Crippen LogP contribution in [0.3, 0.4) is 0 Å². The second-order valence-corrected chi connectivity index (χ2v) is 4.07. The summed E-state index contributed by atoms with van der Waals surface area (Å²) in [7, 11) is 1.28. The van der Waals surface area contributed by atoms with E-state index in [4.69, 9.17) is 22.1 Å². The van der Waals surface area contributed by atoms with Crippen LogP contribution < -0.4 is 10.5 Å². The summed E-state index contributed by atoms with van der Waals surface area (Å²) in [5.41, 5.74) is 5.86. The van der Waals surface area contributed by atoms with Crippen molar-refractivity contribution in [2.75, 3.05) is 12.8 Å². The predicted octanol–water partition coefficient (Wildman–Crippen LogP) is 2.90. The molecule has 19 heavy (non-hydrogen) atoms. The van der Waals surface area contributed by atoms with Crippen molar-refractivity contribution in [1.29, 1.82) is 0 Å². The number of benzene rings is 1. The van der Waals surface area contributed by atoms with E-state index in [-0.39, 0.29) is 17.3 Å². The Hall–Kier alpha value is -2.27. The molecule has 2 aromatic rings. The van der Waals surface area contributed by atoms with Crippen LogP contribution in [0.2, 0.25) is 5.02 Å². The predicted molar refractivity (Wildman–Crippen MR) is 71.5 cm³/mol. The average Bonchev–Trinajstić information content (AvgIpc) is 2.41. The molecule has 0 radical (unpaired) electrons. The maximum Gasteiger partial charge on any atom is 0.341 e. The van der Waals surface area contributed by atoms with Crippen LogP contribution in [-0.2, 0) is 4.74 Å². The Morgan fingerprint density at radius 1 is 1.21 bits per heavy atom. The molecule has 1 aromatic carbocycles. The molecule has 0 aliphatic rings. The highest BCUT2D eigenvalue weighted by atomic mass is 35.5. The van der Waals surface area contributed by atoms with Crippen molar-refractivity contribution in [1.82, 2.24) is 4.98 Å². The smallest absolute Gasteiger partial charge is 0.341 e. The van der Waals surface area contributed by atoms with Crippen molar-refractivity contribution in [2.45, 2.75) is 0 Å². The third kappa shape index (κ3) is 3.14. The Labute approximate surface area is 114 Å². The summed E-state index contributed by atoms with van der Waals surface area (Å²) >= 11 is 5.77. The molecule has 0 amide bonds. The lowest BCUT2D eigenvalue weighted by molar-refractivity contribution is 0.0601. The molecule has 6 heteroatoms.